The number of hydrogen-bond acceptors (Lipinski definition) is 6. The van der Waals surface area contributed by atoms with E-state index in [-0.39, 0.29) is 11.8 Å². The lowest BCUT2D eigenvalue weighted by Gasteiger charge is -2.34. The number of pyridine rings is 1. The molecule has 0 aromatic carbocycles. The van der Waals surface area contributed by atoms with Gasteiger partial charge in [0.1, 0.15) is 11.9 Å². The Kier molecular flexibility index (Phi) is 4.06. The highest BCUT2D eigenvalue weighted by molar-refractivity contribution is 5.61. The van der Waals surface area contributed by atoms with Crippen molar-refractivity contribution in [3.05, 3.63) is 28.6 Å². The molecule has 0 aliphatic carbocycles. The van der Waals surface area contributed by atoms with Crippen LogP contribution in [0, 0.1) is 10.1 Å². The monoisotopic (exact) mass is 252 g/mol. The van der Waals surface area contributed by atoms with Gasteiger partial charge in [0, 0.05) is 25.8 Å². The van der Waals surface area contributed by atoms with Gasteiger partial charge in [-0.1, -0.05) is 0 Å². The summed E-state index contributed by atoms with van der Waals surface area (Å²) in [6, 6.07) is 1.68. The van der Waals surface area contributed by atoms with E-state index in [2.05, 4.69) is 10.3 Å². The molecule has 1 unspecified atom stereocenters. The summed E-state index contributed by atoms with van der Waals surface area (Å²) in [6.07, 6.45) is 2.92. The van der Waals surface area contributed by atoms with Crippen LogP contribution in [0.15, 0.2) is 18.5 Å². The number of anilines is 1. The Balaban J connectivity index is 2.18. The number of hydrogen-bond donors (Lipinski definition) is 1. The Morgan fingerprint density at radius 3 is 3.28 bits per heavy atom. The second kappa shape index (κ2) is 5.74. The number of morpholine rings is 1. The molecule has 1 atom stereocenters. The van der Waals surface area contributed by atoms with Gasteiger partial charge in [0.2, 0.25) is 0 Å². The molecular formula is C11H16N4O3. The van der Waals surface area contributed by atoms with E-state index in [1.807, 2.05) is 11.9 Å². The minimum absolute atomic E-state index is 0.0441. The van der Waals surface area contributed by atoms with Gasteiger partial charge in [0.25, 0.3) is 0 Å². The van der Waals surface area contributed by atoms with Gasteiger partial charge in [-0.15, -0.1) is 0 Å². The van der Waals surface area contributed by atoms with Crippen LogP contribution in [0.4, 0.5) is 11.4 Å². The first kappa shape index (κ1) is 12.7. The molecule has 1 saturated heterocycles. The van der Waals surface area contributed by atoms with Crippen LogP contribution in [-0.2, 0) is 4.74 Å². The molecule has 1 N–H and O–H groups in total. The van der Waals surface area contributed by atoms with Crippen LogP contribution in [-0.4, -0.2) is 49.3 Å². The third-order valence-corrected chi connectivity index (χ3v) is 2.89. The van der Waals surface area contributed by atoms with Crippen molar-refractivity contribution in [1.82, 2.24) is 10.3 Å². The summed E-state index contributed by atoms with van der Waals surface area (Å²) in [5, 5.41) is 14.0. The normalized spacial score (nSPS) is 19.8. The van der Waals surface area contributed by atoms with Crippen LogP contribution in [0.2, 0.25) is 0 Å². The molecule has 0 bridgehead atoms. The van der Waals surface area contributed by atoms with Crippen molar-refractivity contribution < 1.29 is 9.66 Å². The van der Waals surface area contributed by atoms with E-state index in [4.69, 9.17) is 4.74 Å². The fourth-order valence-electron chi connectivity index (χ4n) is 2.08. The maximum Gasteiger partial charge on any atom is 0.310 e. The minimum atomic E-state index is -0.398. The SMILES string of the molecule is CNCC1CN(c2ccncc2[N+](=O)[O-])CCO1. The lowest BCUT2D eigenvalue weighted by Crippen LogP contribution is -2.46. The quantitative estimate of drug-likeness (QED) is 0.617. The zero-order chi connectivity index (χ0) is 13.0. The van der Waals surface area contributed by atoms with Gasteiger partial charge in [0.15, 0.2) is 0 Å². The molecule has 1 aliphatic rings. The Hall–Kier alpha value is -1.73. The molecule has 0 amide bonds. The lowest BCUT2D eigenvalue weighted by molar-refractivity contribution is -0.384. The Morgan fingerprint density at radius 1 is 1.72 bits per heavy atom. The van der Waals surface area contributed by atoms with Crippen LogP contribution in [0.5, 0.6) is 0 Å². The Bertz CT molecular complexity index is 425. The molecule has 1 fully saturated rings. The number of nitrogens with zero attached hydrogens (tertiary/aromatic N) is 3. The summed E-state index contributed by atoms with van der Waals surface area (Å²) in [5.41, 5.74) is 0.655. The Morgan fingerprint density at radius 2 is 2.56 bits per heavy atom. The van der Waals surface area contributed by atoms with Crippen LogP contribution in [0.1, 0.15) is 0 Å². The zero-order valence-electron chi connectivity index (χ0n) is 10.2. The fraction of sp³-hybridized carbons (Fsp3) is 0.545. The highest BCUT2D eigenvalue weighted by atomic mass is 16.6. The molecule has 18 heavy (non-hydrogen) atoms. The maximum atomic E-state index is 11.0. The zero-order valence-corrected chi connectivity index (χ0v) is 10.2. The van der Waals surface area contributed by atoms with Gasteiger partial charge in [-0.3, -0.25) is 15.1 Å². The second-order valence-electron chi connectivity index (χ2n) is 4.12. The first-order chi connectivity index (χ1) is 8.72. The first-order valence-corrected chi connectivity index (χ1v) is 5.82. The van der Waals surface area contributed by atoms with Gasteiger partial charge in [-0.25, -0.2) is 0 Å². The topological polar surface area (TPSA) is 80.5 Å². The molecule has 0 spiro atoms. The van der Waals surface area contributed by atoms with Crippen molar-refractivity contribution in [1.29, 1.82) is 0 Å². The highest BCUT2D eigenvalue weighted by Crippen LogP contribution is 2.27. The molecule has 98 valence electrons. The number of likely N-dealkylation sites (N-methyl/N-ethyl adjacent to an activating group) is 1. The number of ether oxygens (including phenoxy) is 1. The van der Waals surface area contributed by atoms with Crippen molar-refractivity contribution >= 4 is 11.4 Å². The number of rotatable bonds is 4. The fourth-order valence-corrected chi connectivity index (χ4v) is 2.08. The van der Waals surface area contributed by atoms with Crippen molar-refractivity contribution in [3.8, 4) is 0 Å². The van der Waals surface area contributed by atoms with E-state index in [1.165, 1.54) is 6.20 Å². The van der Waals surface area contributed by atoms with E-state index >= 15 is 0 Å². The van der Waals surface area contributed by atoms with E-state index in [9.17, 15) is 10.1 Å². The third-order valence-electron chi connectivity index (χ3n) is 2.89. The van der Waals surface area contributed by atoms with Crippen LogP contribution in [0.3, 0.4) is 0 Å². The summed E-state index contributed by atoms with van der Waals surface area (Å²) >= 11 is 0. The van der Waals surface area contributed by atoms with Crippen molar-refractivity contribution in [2.24, 2.45) is 0 Å². The highest BCUT2D eigenvalue weighted by Gasteiger charge is 2.25. The summed E-state index contributed by atoms with van der Waals surface area (Å²) in [7, 11) is 1.86. The van der Waals surface area contributed by atoms with E-state index < -0.39 is 4.92 Å². The predicted octanol–water partition coefficient (Wildman–Crippen LogP) is 0.414. The summed E-state index contributed by atoms with van der Waals surface area (Å²) < 4.78 is 5.58. The summed E-state index contributed by atoms with van der Waals surface area (Å²) in [5.74, 6) is 0. The van der Waals surface area contributed by atoms with Gasteiger partial charge in [-0.05, 0) is 13.1 Å². The molecule has 7 nitrogen and oxygen atoms in total. The molecule has 7 heteroatoms. The molecule has 2 heterocycles. The third kappa shape index (κ3) is 2.74. The average Bonchev–Trinajstić information content (AvgIpc) is 2.39. The van der Waals surface area contributed by atoms with Gasteiger partial charge in [-0.2, -0.15) is 0 Å². The molecular weight excluding hydrogens is 236 g/mol. The van der Waals surface area contributed by atoms with Gasteiger partial charge >= 0.3 is 5.69 Å². The van der Waals surface area contributed by atoms with Crippen molar-refractivity contribution in [2.45, 2.75) is 6.10 Å². The van der Waals surface area contributed by atoms with Gasteiger partial charge in [0.05, 0.1) is 17.6 Å². The largest absolute Gasteiger partial charge is 0.373 e. The molecule has 1 aromatic rings. The van der Waals surface area contributed by atoms with Gasteiger partial charge < -0.3 is 15.0 Å². The first-order valence-electron chi connectivity index (χ1n) is 5.82. The number of nitro groups is 1. The standard InChI is InChI=1S/C11H16N4O3/c1-12-6-9-8-14(4-5-18-9)10-2-3-13-7-11(10)15(16)17/h2-3,7,9,12H,4-6,8H2,1H3. The molecule has 0 saturated carbocycles. The van der Waals surface area contributed by atoms with E-state index in [0.29, 0.717) is 25.4 Å². The second-order valence-corrected chi connectivity index (χ2v) is 4.12. The van der Waals surface area contributed by atoms with Crippen LogP contribution < -0.4 is 10.2 Å². The van der Waals surface area contributed by atoms with Crippen LogP contribution in [0.25, 0.3) is 0 Å². The number of nitrogens with one attached hydrogen (secondary N) is 1. The Labute approximate surface area is 105 Å². The molecule has 1 aromatic heterocycles. The van der Waals surface area contributed by atoms with E-state index in [0.717, 1.165) is 6.54 Å². The summed E-state index contributed by atoms with van der Waals surface area (Å²) in [6.45, 7) is 2.61. The smallest absolute Gasteiger partial charge is 0.310 e. The maximum absolute atomic E-state index is 11.0. The van der Waals surface area contributed by atoms with E-state index in [1.54, 1.807) is 12.3 Å². The predicted molar refractivity (Wildman–Crippen MR) is 66.8 cm³/mol. The average molecular weight is 252 g/mol. The summed E-state index contributed by atoms with van der Waals surface area (Å²) in [4.78, 5) is 16.4. The molecule has 0 radical (unpaired) electrons. The molecule has 2 rings (SSSR count). The molecule has 1 aliphatic heterocycles. The lowest BCUT2D eigenvalue weighted by atomic mass is 10.2. The van der Waals surface area contributed by atoms with Crippen molar-refractivity contribution in [2.75, 3.05) is 38.2 Å². The van der Waals surface area contributed by atoms with Crippen molar-refractivity contribution in [3.63, 3.8) is 0 Å². The minimum Gasteiger partial charge on any atom is -0.373 e. The number of aromatic nitrogens is 1. The van der Waals surface area contributed by atoms with Crippen LogP contribution >= 0.6 is 0 Å².